The highest BCUT2D eigenvalue weighted by Gasteiger charge is 2.32. The minimum Gasteiger partial charge on any atom is -0.444 e. The highest BCUT2D eigenvalue weighted by molar-refractivity contribution is 5.88. The van der Waals surface area contributed by atoms with Gasteiger partial charge in [-0.1, -0.05) is 0 Å². The number of aromatic amines is 1. The van der Waals surface area contributed by atoms with Crippen LogP contribution in [0.3, 0.4) is 0 Å². The smallest absolute Gasteiger partial charge is 0.416 e. The highest BCUT2D eigenvalue weighted by atomic mass is 16.6. The first-order valence-corrected chi connectivity index (χ1v) is 4.91. The first-order chi connectivity index (χ1) is 7.20. The molecule has 3 N–H and O–H groups in total. The summed E-state index contributed by atoms with van der Waals surface area (Å²) >= 11 is 0. The predicted octanol–water partition coefficient (Wildman–Crippen LogP) is 0.392. The third-order valence-electron chi connectivity index (χ3n) is 2.33. The molecule has 1 atom stereocenters. The average molecular weight is 210 g/mol. The van der Waals surface area contributed by atoms with Crippen molar-refractivity contribution in [2.75, 3.05) is 18.0 Å². The monoisotopic (exact) mass is 210 g/mol. The van der Waals surface area contributed by atoms with Gasteiger partial charge in [0.15, 0.2) is 5.82 Å². The predicted molar refractivity (Wildman–Crippen MR) is 54.6 cm³/mol. The Hall–Kier alpha value is -1.56. The van der Waals surface area contributed by atoms with Crippen LogP contribution in [-0.2, 0) is 4.74 Å². The molecule has 2 heterocycles. The number of cyclic esters (lactones) is 1. The number of H-pyrrole nitrogens is 1. The van der Waals surface area contributed by atoms with Crippen molar-refractivity contribution in [3.05, 3.63) is 11.8 Å². The molecule has 1 aromatic rings. The summed E-state index contributed by atoms with van der Waals surface area (Å²) in [6.45, 7) is 2.93. The van der Waals surface area contributed by atoms with Crippen LogP contribution in [-0.4, -0.2) is 35.5 Å². The lowest BCUT2D eigenvalue weighted by molar-refractivity contribution is 0.138. The maximum absolute atomic E-state index is 11.5. The maximum atomic E-state index is 11.5. The van der Waals surface area contributed by atoms with E-state index in [4.69, 9.17) is 10.5 Å². The number of nitrogens with two attached hydrogens (primary N) is 1. The standard InChI is InChI=1S/C9H14N4O2/c1-6-4-8(12-11-6)13-5-7(2-3-10)15-9(13)14/h4,7H,2-3,5,10H2,1H3,(H,11,12). The van der Waals surface area contributed by atoms with Crippen molar-refractivity contribution < 1.29 is 9.53 Å². The van der Waals surface area contributed by atoms with Crippen molar-refractivity contribution in [3.63, 3.8) is 0 Å². The summed E-state index contributed by atoms with van der Waals surface area (Å²) in [5.74, 6) is 0.608. The van der Waals surface area contributed by atoms with E-state index in [1.807, 2.05) is 13.0 Å². The lowest BCUT2D eigenvalue weighted by Crippen LogP contribution is -2.25. The topological polar surface area (TPSA) is 84.2 Å². The Labute approximate surface area is 87.4 Å². The second kappa shape index (κ2) is 3.90. The second-order valence-electron chi connectivity index (χ2n) is 3.60. The van der Waals surface area contributed by atoms with E-state index in [0.29, 0.717) is 25.3 Å². The van der Waals surface area contributed by atoms with E-state index in [9.17, 15) is 4.79 Å². The van der Waals surface area contributed by atoms with Crippen LogP contribution in [0.2, 0.25) is 0 Å². The molecule has 6 heteroatoms. The first kappa shape index (κ1) is 9.97. The zero-order valence-electron chi connectivity index (χ0n) is 8.56. The lowest BCUT2D eigenvalue weighted by atomic mass is 10.2. The van der Waals surface area contributed by atoms with Crippen molar-refractivity contribution in [2.24, 2.45) is 5.73 Å². The largest absolute Gasteiger partial charge is 0.444 e. The van der Waals surface area contributed by atoms with Gasteiger partial charge < -0.3 is 10.5 Å². The van der Waals surface area contributed by atoms with Crippen LogP contribution < -0.4 is 10.6 Å². The van der Waals surface area contributed by atoms with E-state index in [1.54, 1.807) is 0 Å². The van der Waals surface area contributed by atoms with Crippen LogP contribution in [0.25, 0.3) is 0 Å². The number of anilines is 1. The number of nitrogens with one attached hydrogen (secondary N) is 1. The molecule has 1 aliphatic heterocycles. The van der Waals surface area contributed by atoms with Crippen LogP contribution in [0.4, 0.5) is 10.6 Å². The molecule has 1 aromatic heterocycles. The van der Waals surface area contributed by atoms with Crippen LogP contribution in [0.1, 0.15) is 12.1 Å². The molecular formula is C9H14N4O2. The fraction of sp³-hybridized carbons (Fsp3) is 0.556. The van der Waals surface area contributed by atoms with Crippen molar-refractivity contribution >= 4 is 11.9 Å². The van der Waals surface area contributed by atoms with Crippen LogP contribution >= 0.6 is 0 Å². The Morgan fingerprint density at radius 1 is 1.80 bits per heavy atom. The van der Waals surface area contributed by atoms with Gasteiger partial charge in [-0.3, -0.25) is 10.00 Å². The fourth-order valence-corrected chi connectivity index (χ4v) is 1.59. The van der Waals surface area contributed by atoms with Crippen molar-refractivity contribution in [3.8, 4) is 0 Å². The van der Waals surface area contributed by atoms with Gasteiger partial charge in [-0.05, 0) is 19.9 Å². The summed E-state index contributed by atoms with van der Waals surface area (Å²) in [4.78, 5) is 13.0. The molecule has 0 spiro atoms. The molecule has 0 radical (unpaired) electrons. The average Bonchev–Trinajstić information content (AvgIpc) is 2.73. The number of hydrogen-bond donors (Lipinski definition) is 2. The van der Waals surface area contributed by atoms with Gasteiger partial charge in [0.2, 0.25) is 0 Å². The quantitative estimate of drug-likeness (QED) is 0.756. The Balaban J connectivity index is 2.08. The summed E-state index contributed by atoms with van der Waals surface area (Å²) < 4.78 is 5.13. The zero-order valence-corrected chi connectivity index (χ0v) is 8.56. The Morgan fingerprint density at radius 3 is 3.20 bits per heavy atom. The molecule has 1 unspecified atom stereocenters. The Morgan fingerprint density at radius 2 is 2.60 bits per heavy atom. The number of nitrogens with zero attached hydrogens (tertiary/aromatic N) is 2. The molecule has 0 saturated carbocycles. The van der Waals surface area contributed by atoms with Gasteiger partial charge in [-0.15, -0.1) is 0 Å². The second-order valence-corrected chi connectivity index (χ2v) is 3.60. The van der Waals surface area contributed by atoms with Crippen LogP contribution in [0, 0.1) is 6.92 Å². The van der Waals surface area contributed by atoms with Gasteiger partial charge >= 0.3 is 6.09 Å². The third-order valence-corrected chi connectivity index (χ3v) is 2.33. The van der Waals surface area contributed by atoms with Gasteiger partial charge in [-0.2, -0.15) is 5.10 Å². The van der Waals surface area contributed by atoms with E-state index in [-0.39, 0.29) is 12.2 Å². The molecule has 6 nitrogen and oxygen atoms in total. The zero-order chi connectivity index (χ0) is 10.8. The van der Waals surface area contributed by atoms with Crippen molar-refractivity contribution in [1.82, 2.24) is 10.2 Å². The number of aromatic nitrogens is 2. The summed E-state index contributed by atoms with van der Waals surface area (Å²) in [6.07, 6.45) is 0.227. The first-order valence-electron chi connectivity index (χ1n) is 4.91. The molecule has 0 aliphatic carbocycles. The van der Waals surface area contributed by atoms with Crippen molar-refractivity contribution in [2.45, 2.75) is 19.4 Å². The molecular weight excluding hydrogens is 196 g/mol. The van der Waals surface area contributed by atoms with Crippen LogP contribution in [0.15, 0.2) is 6.07 Å². The number of carbonyl (C=O) groups excluding carboxylic acids is 1. The molecule has 82 valence electrons. The van der Waals surface area contributed by atoms with E-state index in [1.165, 1.54) is 4.90 Å². The Kier molecular flexibility index (Phi) is 2.59. The Bertz CT molecular complexity index is 363. The van der Waals surface area contributed by atoms with E-state index in [0.717, 1.165) is 5.69 Å². The van der Waals surface area contributed by atoms with Gasteiger partial charge in [0, 0.05) is 11.8 Å². The van der Waals surface area contributed by atoms with E-state index in [2.05, 4.69) is 10.2 Å². The SMILES string of the molecule is Cc1cc(N2CC(CCN)OC2=O)n[nH]1. The summed E-state index contributed by atoms with van der Waals surface area (Å²) in [7, 11) is 0. The number of ether oxygens (including phenoxy) is 1. The van der Waals surface area contributed by atoms with Gasteiger partial charge in [0.1, 0.15) is 6.10 Å². The van der Waals surface area contributed by atoms with Crippen molar-refractivity contribution in [1.29, 1.82) is 0 Å². The number of hydrogen-bond acceptors (Lipinski definition) is 4. The molecule has 1 fully saturated rings. The number of rotatable bonds is 3. The maximum Gasteiger partial charge on any atom is 0.416 e. The normalized spacial score (nSPS) is 20.8. The third kappa shape index (κ3) is 1.94. The van der Waals surface area contributed by atoms with E-state index >= 15 is 0 Å². The molecule has 1 saturated heterocycles. The highest BCUT2D eigenvalue weighted by Crippen LogP contribution is 2.20. The summed E-state index contributed by atoms with van der Waals surface area (Å²) in [5, 5.41) is 6.80. The van der Waals surface area contributed by atoms with Gasteiger partial charge in [-0.25, -0.2) is 4.79 Å². The number of amides is 1. The molecule has 1 aliphatic rings. The number of aryl methyl sites for hydroxylation is 1. The summed E-state index contributed by atoms with van der Waals surface area (Å²) in [6, 6.07) is 1.81. The van der Waals surface area contributed by atoms with E-state index < -0.39 is 0 Å². The fourth-order valence-electron chi connectivity index (χ4n) is 1.59. The molecule has 0 bridgehead atoms. The number of carbonyl (C=O) groups is 1. The minimum atomic E-state index is -0.347. The molecule has 0 aromatic carbocycles. The molecule has 15 heavy (non-hydrogen) atoms. The molecule has 1 amide bonds. The van der Waals surface area contributed by atoms with Gasteiger partial charge in [0.25, 0.3) is 0 Å². The molecule has 2 rings (SSSR count). The lowest BCUT2D eigenvalue weighted by Gasteiger charge is -2.07. The summed E-state index contributed by atoms with van der Waals surface area (Å²) in [5.41, 5.74) is 6.33. The van der Waals surface area contributed by atoms with Crippen LogP contribution in [0.5, 0.6) is 0 Å². The van der Waals surface area contributed by atoms with Gasteiger partial charge in [0.05, 0.1) is 6.54 Å². The minimum absolute atomic E-state index is 0.112.